The molecule has 0 bridgehead atoms. The Kier molecular flexibility index (Phi) is 9.83. The highest BCUT2D eigenvalue weighted by Gasteiger charge is 2.17. The van der Waals surface area contributed by atoms with Crippen molar-refractivity contribution in [2.45, 2.75) is 86.0 Å². The molecule has 0 saturated heterocycles. The second kappa shape index (κ2) is 10.7. The van der Waals surface area contributed by atoms with Gasteiger partial charge < -0.3 is 20.7 Å². The Morgan fingerprint density at radius 2 is 1.19 bits per heavy atom. The molecule has 2 atom stereocenters. The Hall–Kier alpha value is -2.31. The predicted octanol–water partition coefficient (Wildman–Crippen LogP) is 2.82. The van der Waals surface area contributed by atoms with Crippen molar-refractivity contribution >= 4 is 17.9 Å². The fraction of sp³-hybridized carbons (Fsp3) is 0.650. The number of amides is 3. The van der Waals surface area contributed by atoms with E-state index in [2.05, 4.69) is 16.0 Å². The Bertz CT molecular complexity index is 601. The third kappa shape index (κ3) is 11.8. The Balaban J connectivity index is 4.73. The lowest BCUT2D eigenvalue weighted by atomic mass is 10.1. The van der Waals surface area contributed by atoms with E-state index in [1.807, 2.05) is 13.8 Å². The SMILES string of the molecule is C/C(=C/[C@H](C)NC(=O)/C(C)=C\[C@H](C)NC(=O)OC(C)(C)C)C(=O)NC(C)C. The standard InChI is InChI=1S/C20H35N3O4/c1-12(2)21-17(24)13(3)10-15(5)22-18(25)14(4)11-16(6)23-19(26)27-20(7,8)9/h10-12,15-16H,1-9H3,(H,21,24)(H,22,25)(H,23,26)/b13-10-,14-11-/t15-,16-/m0/s1. The first-order valence-electron chi connectivity index (χ1n) is 9.19. The lowest BCUT2D eigenvalue weighted by Gasteiger charge is -2.21. The maximum atomic E-state index is 12.3. The molecule has 0 radical (unpaired) electrons. The van der Waals surface area contributed by atoms with Gasteiger partial charge in [-0.2, -0.15) is 0 Å². The molecule has 0 rings (SSSR count). The van der Waals surface area contributed by atoms with Gasteiger partial charge in [-0.15, -0.1) is 0 Å². The zero-order valence-electron chi connectivity index (χ0n) is 18.0. The van der Waals surface area contributed by atoms with Crippen LogP contribution in [-0.4, -0.2) is 41.6 Å². The summed E-state index contributed by atoms with van der Waals surface area (Å²) in [5.74, 6) is -0.429. The van der Waals surface area contributed by atoms with Crippen molar-refractivity contribution in [3.63, 3.8) is 0 Å². The summed E-state index contributed by atoms with van der Waals surface area (Å²) >= 11 is 0. The molecule has 0 spiro atoms. The van der Waals surface area contributed by atoms with E-state index in [0.29, 0.717) is 11.1 Å². The van der Waals surface area contributed by atoms with E-state index in [0.717, 1.165) is 0 Å². The summed E-state index contributed by atoms with van der Waals surface area (Å²) in [6.07, 6.45) is 2.81. The number of rotatable bonds is 7. The Labute approximate surface area is 163 Å². The summed E-state index contributed by atoms with van der Waals surface area (Å²) in [5, 5.41) is 8.27. The van der Waals surface area contributed by atoms with Gasteiger partial charge in [-0.25, -0.2) is 4.79 Å². The minimum Gasteiger partial charge on any atom is -0.444 e. The van der Waals surface area contributed by atoms with E-state index < -0.39 is 11.7 Å². The van der Waals surface area contributed by atoms with Gasteiger partial charge >= 0.3 is 6.09 Å². The van der Waals surface area contributed by atoms with Gasteiger partial charge in [-0.05, 0) is 62.3 Å². The van der Waals surface area contributed by atoms with Crippen molar-refractivity contribution in [1.82, 2.24) is 16.0 Å². The van der Waals surface area contributed by atoms with Crippen molar-refractivity contribution in [2.75, 3.05) is 0 Å². The van der Waals surface area contributed by atoms with Crippen LogP contribution in [0.15, 0.2) is 23.3 Å². The van der Waals surface area contributed by atoms with Crippen LogP contribution in [0.1, 0.15) is 62.3 Å². The number of hydrogen-bond acceptors (Lipinski definition) is 4. The molecule has 0 aliphatic heterocycles. The minimum absolute atomic E-state index is 0.0508. The van der Waals surface area contributed by atoms with Crippen LogP contribution >= 0.6 is 0 Å². The highest BCUT2D eigenvalue weighted by atomic mass is 16.6. The molecule has 0 aliphatic rings. The topological polar surface area (TPSA) is 96.5 Å². The second-order valence-corrected chi connectivity index (χ2v) is 8.02. The molecule has 27 heavy (non-hydrogen) atoms. The molecule has 0 saturated carbocycles. The van der Waals surface area contributed by atoms with Gasteiger partial charge in [0.15, 0.2) is 0 Å². The number of nitrogens with one attached hydrogen (secondary N) is 3. The number of ether oxygens (including phenoxy) is 1. The molecule has 0 aromatic rings. The van der Waals surface area contributed by atoms with Crippen LogP contribution in [0.3, 0.4) is 0 Å². The zero-order chi connectivity index (χ0) is 21.4. The molecule has 3 amide bonds. The zero-order valence-corrected chi connectivity index (χ0v) is 18.0. The average molecular weight is 382 g/mol. The highest BCUT2D eigenvalue weighted by Crippen LogP contribution is 2.07. The smallest absolute Gasteiger partial charge is 0.408 e. The molecule has 7 heteroatoms. The van der Waals surface area contributed by atoms with Gasteiger partial charge in [0.1, 0.15) is 5.60 Å². The fourth-order valence-corrected chi connectivity index (χ4v) is 2.17. The molecule has 0 aliphatic carbocycles. The number of alkyl carbamates (subject to hydrolysis) is 1. The first kappa shape index (κ1) is 24.7. The third-order valence-corrected chi connectivity index (χ3v) is 3.24. The van der Waals surface area contributed by atoms with E-state index in [1.165, 1.54) is 0 Å². The Morgan fingerprint density at radius 1 is 0.778 bits per heavy atom. The van der Waals surface area contributed by atoms with Gasteiger partial charge in [-0.3, -0.25) is 9.59 Å². The van der Waals surface area contributed by atoms with Crippen molar-refractivity contribution in [1.29, 1.82) is 0 Å². The lowest BCUT2D eigenvalue weighted by Crippen LogP contribution is -2.38. The van der Waals surface area contributed by atoms with Gasteiger partial charge in [0.2, 0.25) is 11.8 Å². The van der Waals surface area contributed by atoms with Crippen LogP contribution in [0.4, 0.5) is 4.79 Å². The normalized spacial score (nSPS) is 15.0. The van der Waals surface area contributed by atoms with E-state index in [1.54, 1.807) is 60.6 Å². The van der Waals surface area contributed by atoms with Crippen molar-refractivity contribution in [2.24, 2.45) is 0 Å². The summed E-state index contributed by atoms with van der Waals surface area (Å²) in [4.78, 5) is 35.9. The maximum absolute atomic E-state index is 12.3. The van der Waals surface area contributed by atoms with Crippen molar-refractivity contribution < 1.29 is 19.1 Å². The summed E-state index contributed by atoms with van der Waals surface area (Å²) in [5.41, 5.74) is 0.419. The first-order chi connectivity index (χ1) is 12.2. The lowest BCUT2D eigenvalue weighted by molar-refractivity contribution is -0.119. The van der Waals surface area contributed by atoms with Crippen LogP contribution in [0.25, 0.3) is 0 Å². The molecular weight excluding hydrogens is 346 g/mol. The summed E-state index contributed by atoms with van der Waals surface area (Å²) in [7, 11) is 0. The first-order valence-corrected chi connectivity index (χ1v) is 9.19. The molecule has 0 unspecified atom stereocenters. The molecule has 3 N–H and O–H groups in total. The van der Waals surface area contributed by atoms with E-state index in [4.69, 9.17) is 4.74 Å². The van der Waals surface area contributed by atoms with E-state index in [-0.39, 0.29) is 29.9 Å². The van der Waals surface area contributed by atoms with Crippen LogP contribution in [-0.2, 0) is 14.3 Å². The van der Waals surface area contributed by atoms with Crippen LogP contribution in [0.5, 0.6) is 0 Å². The molecule has 0 aromatic heterocycles. The van der Waals surface area contributed by atoms with Gasteiger partial charge in [-0.1, -0.05) is 12.2 Å². The van der Waals surface area contributed by atoms with Crippen LogP contribution in [0.2, 0.25) is 0 Å². The Morgan fingerprint density at radius 3 is 1.59 bits per heavy atom. The minimum atomic E-state index is -0.582. The summed E-state index contributed by atoms with van der Waals surface area (Å²) in [6.45, 7) is 16.0. The number of carbonyl (C=O) groups is 3. The predicted molar refractivity (Wildman–Crippen MR) is 107 cm³/mol. The molecule has 154 valence electrons. The van der Waals surface area contributed by atoms with Gasteiger partial charge in [0.05, 0.1) is 0 Å². The largest absolute Gasteiger partial charge is 0.444 e. The van der Waals surface area contributed by atoms with Crippen molar-refractivity contribution in [3.05, 3.63) is 23.3 Å². The van der Waals surface area contributed by atoms with Crippen LogP contribution in [0, 0.1) is 0 Å². The molecule has 0 aromatic carbocycles. The maximum Gasteiger partial charge on any atom is 0.408 e. The molecule has 0 fully saturated rings. The third-order valence-electron chi connectivity index (χ3n) is 3.24. The molecule has 7 nitrogen and oxygen atoms in total. The average Bonchev–Trinajstić information content (AvgIpc) is 2.43. The molecule has 0 heterocycles. The highest BCUT2D eigenvalue weighted by molar-refractivity contribution is 5.94. The quantitative estimate of drug-likeness (QED) is 0.591. The number of hydrogen-bond donors (Lipinski definition) is 3. The van der Waals surface area contributed by atoms with E-state index >= 15 is 0 Å². The van der Waals surface area contributed by atoms with E-state index in [9.17, 15) is 14.4 Å². The fourth-order valence-electron chi connectivity index (χ4n) is 2.17. The van der Waals surface area contributed by atoms with Gasteiger partial charge in [0.25, 0.3) is 0 Å². The van der Waals surface area contributed by atoms with Crippen molar-refractivity contribution in [3.8, 4) is 0 Å². The van der Waals surface area contributed by atoms with Crippen LogP contribution < -0.4 is 16.0 Å². The summed E-state index contributed by atoms with van der Waals surface area (Å²) < 4.78 is 5.18. The monoisotopic (exact) mass is 381 g/mol. The molecular formula is C20H35N3O4. The second-order valence-electron chi connectivity index (χ2n) is 8.02. The van der Waals surface area contributed by atoms with Gasteiger partial charge in [0, 0.05) is 29.3 Å². The summed E-state index contributed by atoms with van der Waals surface area (Å²) in [6, 6.07) is -0.627. The number of carbonyl (C=O) groups excluding carboxylic acids is 3.